The lowest BCUT2D eigenvalue weighted by Gasteiger charge is -2.23. The molecular weight excluding hydrogens is 320 g/mol. The van der Waals surface area contributed by atoms with Crippen LogP contribution in [0.4, 0.5) is 17.1 Å². The molecule has 25 heavy (non-hydrogen) atoms. The van der Waals surface area contributed by atoms with E-state index in [1.54, 1.807) is 12.1 Å². The Labute approximate surface area is 145 Å². The zero-order valence-electron chi connectivity index (χ0n) is 13.7. The van der Waals surface area contributed by atoms with Crippen molar-refractivity contribution < 1.29 is 9.72 Å². The number of nitrogens with zero attached hydrogens (tertiary/aromatic N) is 1. The van der Waals surface area contributed by atoms with Crippen molar-refractivity contribution in [3.05, 3.63) is 64.2 Å². The molecule has 1 atom stereocenters. The van der Waals surface area contributed by atoms with Crippen LogP contribution in [0, 0.1) is 10.1 Å². The molecule has 0 bridgehead atoms. The number of benzene rings is 2. The molecule has 1 aliphatic heterocycles. The van der Waals surface area contributed by atoms with E-state index in [2.05, 4.69) is 16.0 Å². The van der Waals surface area contributed by atoms with Gasteiger partial charge in [-0.05, 0) is 43.7 Å². The van der Waals surface area contributed by atoms with E-state index in [0.29, 0.717) is 5.69 Å². The number of hydrogen-bond donors (Lipinski definition) is 3. The molecule has 130 valence electrons. The molecular formula is C18H20N4O3. The summed E-state index contributed by atoms with van der Waals surface area (Å²) in [5.74, 6) is -0.289. The van der Waals surface area contributed by atoms with Crippen LogP contribution in [-0.4, -0.2) is 30.0 Å². The molecule has 0 spiro atoms. The van der Waals surface area contributed by atoms with Gasteiger partial charge in [0, 0.05) is 29.9 Å². The Hall–Kier alpha value is -2.93. The Morgan fingerprint density at radius 2 is 2.00 bits per heavy atom. The molecule has 0 unspecified atom stereocenters. The largest absolute Gasteiger partial charge is 0.350 e. The summed E-state index contributed by atoms with van der Waals surface area (Å²) in [5.41, 5.74) is 1.26. The summed E-state index contributed by atoms with van der Waals surface area (Å²) in [6.07, 6.45) is 1.92. The van der Waals surface area contributed by atoms with Gasteiger partial charge in [-0.25, -0.2) is 0 Å². The predicted octanol–water partition coefficient (Wildman–Crippen LogP) is 2.82. The summed E-state index contributed by atoms with van der Waals surface area (Å²) >= 11 is 0. The molecule has 1 heterocycles. The van der Waals surface area contributed by atoms with E-state index in [9.17, 15) is 14.9 Å². The molecule has 3 rings (SSSR count). The molecule has 0 aliphatic carbocycles. The van der Waals surface area contributed by atoms with Crippen molar-refractivity contribution in [3.63, 3.8) is 0 Å². The Bertz CT molecular complexity index is 758. The highest BCUT2D eigenvalue weighted by Gasteiger charge is 2.20. The van der Waals surface area contributed by atoms with Crippen LogP contribution in [0.2, 0.25) is 0 Å². The van der Waals surface area contributed by atoms with Gasteiger partial charge in [0.05, 0.1) is 4.92 Å². The molecule has 1 fully saturated rings. The van der Waals surface area contributed by atoms with Gasteiger partial charge < -0.3 is 16.0 Å². The van der Waals surface area contributed by atoms with Crippen LogP contribution in [0.3, 0.4) is 0 Å². The summed E-state index contributed by atoms with van der Waals surface area (Å²) in [6, 6.07) is 13.7. The third-order valence-corrected chi connectivity index (χ3v) is 4.14. The van der Waals surface area contributed by atoms with E-state index in [1.807, 2.05) is 30.3 Å². The first-order chi connectivity index (χ1) is 12.1. The maximum absolute atomic E-state index is 12.4. The van der Waals surface area contributed by atoms with E-state index in [-0.39, 0.29) is 23.2 Å². The van der Waals surface area contributed by atoms with Gasteiger partial charge in [0.25, 0.3) is 11.6 Å². The standard InChI is InChI=1S/C18H20N4O3/c23-18(21-15-7-4-10-19-12-15)13-8-9-16(17(11-13)22(24)25)20-14-5-2-1-3-6-14/h1-3,5-6,8-9,11,15,19-20H,4,7,10,12H2,(H,21,23)/t15-/m0/s1. The average Bonchev–Trinajstić information content (AvgIpc) is 2.63. The van der Waals surface area contributed by atoms with Gasteiger partial charge in [-0.2, -0.15) is 0 Å². The topological polar surface area (TPSA) is 96.3 Å². The van der Waals surface area contributed by atoms with Gasteiger partial charge in [0.2, 0.25) is 0 Å². The maximum atomic E-state index is 12.4. The Balaban J connectivity index is 1.78. The first kappa shape index (κ1) is 16.9. The molecule has 1 aliphatic rings. The Kier molecular flexibility index (Phi) is 5.25. The molecule has 1 saturated heterocycles. The van der Waals surface area contributed by atoms with E-state index in [1.165, 1.54) is 6.07 Å². The molecule has 7 heteroatoms. The fourth-order valence-corrected chi connectivity index (χ4v) is 2.85. The number of hydrogen-bond acceptors (Lipinski definition) is 5. The predicted molar refractivity (Wildman–Crippen MR) is 96.2 cm³/mol. The number of carbonyl (C=O) groups is 1. The Morgan fingerprint density at radius 3 is 2.68 bits per heavy atom. The number of amides is 1. The van der Waals surface area contributed by atoms with Gasteiger partial charge in [-0.15, -0.1) is 0 Å². The second-order valence-corrected chi connectivity index (χ2v) is 6.00. The third-order valence-electron chi connectivity index (χ3n) is 4.14. The molecule has 3 N–H and O–H groups in total. The molecule has 7 nitrogen and oxygen atoms in total. The number of para-hydroxylation sites is 1. The van der Waals surface area contributed by atoms with Gasteiger partial charge in [-0.1, -0.05) is 18.2 Å². The van der Waals surface area contributed by atoms with Crippen LogP contribution in [0.1, 0.15) is 23.2 Å². The van der Waals surface area contributed by atoms with Crippen molar-refractivity contribution in [2.75, 3.05) is 18.4 Å². The summed E-state index contributed by atoms with van der Waals surface area (Å²) in [6.45, 7) is 1.68. The Morgan fingerprint density at radius 1 is 1.20 bits per heavy atom. The highest BCUT2D eigenvalue weighted by molar-refractivity contribution is 5.96. The number of nitro benzene ring substituents is 1. The smallest absolute Gasteiger partial charge is 0.293 e. The molecule has 1 amide bonds. The van der Waals surface area contributed by atoms with E-state index in [4.69, 9.17) is 0 Å². The average molecular weight is 340 g/mol. The minimum Gasteiger partial charge on any atom is -0.350 e. The van der Waals surface area contributed by atoms with Crippen LogP contribution in [0.15, 0.2) is 48.5 Å². The van der Waals surface area contributed by atoms with E-state index >= 15 is 0 Å². The fraction of sp³-hybridized carbons (Fsp3) is 0.278. The second-order valence-electron chi connectivity index (χ2n) is 6.00. The van der Waals surface area contributed by atoms with Gasteiger partial charge in [-0.3, -0.25) is 14.9 Å². The summed E-state index contributed by atoms with van der Waals surface area (Å²) in [4.78, 5) is 23.3. The maximum Gasteiger partial charge on any atom is 0.293 e. The lowest BCUT2D eigenvalue weighted by molar-refractivity contribution is -0.383. The van der Waals surface area contributed by atoms with Crippen molar-refractivity contribution in [2.45, 2.75) is 18.9 Å². The molecule has 2 aromatic rings. The monoisotopic (exact) mass is 340 g/mol. The fourth-order valence-electron chi connectivity index (χ4n) is 2.85. The highest BCUT2D eigenvalue weighted by Crippen LogP contribution is 2.28. The van der Waals surface area contributed by atoms with Crippen LogP contribution >= 0.6 is 0 Å². The van der Waals surface area contributed by atoms with Crippen molar-refractivity contribution in [3.8, 4) is 0 Å². The van der Waals surface area contributed by atoms with Gasteiger partial charge in [0.1, 0.15) is 5.69 Å². The zero-order chi connectivity index (χ0) is 17.6. The summed E-state index contributed by atoms with van der Waals surface area (Å²) in [5, 5.41) is 20.6. The molecule has 0 aromatic heterocycles. The van der Waals surface area contributed by atoms with E-state index < -0.39 is 4.92 Å². The highest BCUT2D eigenvalue weighted by atomic mass is 16.6. The van der Waals surface area contributed by atoms with Crippen molar-refractivity contribution in [2.24, 2.45) is 0 Å². The number of nitro groups is 1. The number of piperidine rings is 1. The normalized spacial score (nSPS) is 16.9. The van der Waals surface area contributed by atoms with Gasteiger partial charge in [0.15, 0.2) is 0 Å². The quantitative estimate of drug-likeness (QED) is 0.574. The summed E-state index contributed by atoms with van der Waals surface area (Å²) < 4.78 is 0. The van der Waals surface area contributed by atoms with E-state index in [0.717, 1.165) is 31.6 Å². The van der Waals surface area contributed by atoms with Crippen LogP contribution in [-0.2, 0) is 0 Å². The first-order valence-electron chi connectivity index (χ1n) is 8.25. The second kappa shape index (κ2) is 7.76. The lowest BCUT2D eigenvalue weighted by atomic mass is 10.1. The van der Waals surface area contributed by atoms with Crippen molar-refractivity contribution in [1.82, 2.24) is 10.6 Å². The van der Waals surface area contributed by atoms with Crippen molar-refractivity contribution in [1.29, 1.82) is 0 Å². The summed E-state index contributed by atoms with van der Waals surface area (Å²) in [7, 11) is 0. The van der Waals surface area contributed by atoms with Crippen LogP contribution in [0.5, 0.6) is 0 Å². The van der Waals surface area contributed by atoms with Crippen LogP contribution < -0.4 is 16.0 Å². The number of carbonyl (C=O) groups excluding carboxylic acids is 1. The SMILES string of the molecule is O=C(N[C@H]1CCCNC1)c1ccc(Nc2ccccc2)c([N+](=O)[O-])c1. The van der Waals surface area contributed by atoms with Crippen molar-refractivity contribution >= 4 is 23.0 Å². The van der Waals surface area contributed by atoms with Crippen LogP contribution in [0.25, 0.3) is 0 Å². The molecule has 2 aromatic carbocycles. The number of nitrogens with one attached hydrogen (secondary N) is 3. The van der Waals surface area contributed by atoms with Gasteiger partial charge >= 0.3 is 0 Å². The molecule has 0 radical (unpaired) electrons. The first-order valence-corrected chi connectivity index (χ1v) is 8.25. The number of anilines is 2. The lowest BCUT2D eigenvalue weighted by Crippen LogP contribution is -2.45. The minimum atomic E-state index is -0.482. The zero-order valence-corrected chi connectivity index (χ0v) is 13.7. The number of rotatable bonds is 5. The third kappa shape index (κ3) is 4.33. The molecule has 0 saturated carbocycles. The minimum absolute atomic E-state index is 0.0578.